The van der Waals surface area contributed by atoms with E-state index in [1.165, 1.54) is 25.7 Å². The second kappa shape index (κ2) is 10.3. The maximum absolute atomic E-state index is 11.7. The van der Waals surface area contributed by atoms with Crippen molar-refractivity contribution in [3.8, 4) is 0 Å². The lowest BCUT2D eigenvalue weighted by atomic mass is 10.0. The van der Waals surface area contributed by atoms with Gasteiger partial charge in [-0.2, -0.15) is 10.2 Å². The number of aromatic nitrogens is 2. The van der Waals surface area contributed by atoms with Crippen LogP contribution in [0.5, 0.6) is 0 Å². The fourth-order valence-corrected chi connectivity index (χ4v) is 5.32. The first-order chi connectivity index (χ1) is 13.2. The van der Waals surface area contributed by atoms with Gasteiger partial charge in [0.25, 0.3) is 0 Å². The van der Waals surface area contributed by atoms with Gasteiger partial charge in [0.15, 0.2) is 14.9 Å². The van der Waals surface area contributed by atoms with Crippen LogP contribution in [0.1, 0.15) is 68.9 Å². The molecule has 9 heteroatoms. The van der Waals surface area contributed by atoms with E-state index in [4.69, 9.17) is 12.2 Å². The number of hydrazone groups is 1. The summed E-state index contributed by atoms with van der Waals surface area (Å²) in [6, 6.07) is -0.0873. The minimum Gasteiger partial charge on any atom is -0.361 e. The van der Waals surface area contributed by atoms with Crippen molar-refractivity contribution in [1.29, 1.82) is 0 Å². The van der Waals surface area contributed by atoms with E-state index >= 15 is 0 Å². The predicted molar refractivity (Wildman–Crippen MR) is 119 cm³/mol. The van der Waals surface area contributed by atoms with Gasteiger partial charge in [-0.3, -0.25) is 10.1 Å². The summed E-state index contributed by atoms with van der Waals surface area (Å²) in [6.45, 7) is 9.11. The molecule has 2 rings (SSSR count). The number of sulfone groups is 1. The molecule has 2 N–H and O–H groups in total. The number of hydrogen-bond acceptors (Lipinski definition) is 5. The molecule has 0 bridgehead atoms. The van der Waals surface area contributed by atoms with E-state index in [2.05, 4.69) is 34.8 Å². The molecule has 0 saturated carbocycles. The van der Waals surface area contributed by atoms with Crippen LogP contribution >= 0.6 is 12.2 Å². The fraction of sp³-hybridized carbons (Fsp3) is 0.737. The Morgan fingerprint density at radius 3 is 2.82 bits per heavy atom. The van der Waals surface area contributed by atoms with Crippen LogP contribution in [0.4, 0.5) is 0 Å². The van der Waals surface area contributed by atoms with E-state index in [0.29, 0.717) is 17.5 Å². The van der Waals surface area contributed by atoms with Gasteiger partial charge < -0.3 is 5.32 Å². The molecule has 1 aliphatic heterocycles. The maximum Gasteiger partial charge on any atom is 0.186 e. The Kier molecular flexibility index (Phi) is 8.42. The SMILES string of the molecule is CCCCC[C@@H](C)CNC(=S)N/N=C\c1c(C)nn([C@@H]2CCS(=O)(=O)C2)c1C. The summed E-state index contributed by atoms with van der Waals surface area (Å²) in [5, 5.41) is 12.5. The van der Waals surface area contributed by atoms with Crippen LogP contribution in [0.3, 0.4) is 0 Å². The minimum absolute atomic E-state index is 0.0873. The van der Waals surface area contributed by atoms with E-state index in [0.717, 1.165) is 23.5 Å². The Bertz CT molecular complexity index is 801. The van der Waals surface area contributed by atoms with Crippen molar-refractivity contribution in [3.63, 3.8) is 0 Å². The third-order valence-electron chi connectivity index (χ3n) is 5.21. The van der Waals surface area contributed by atoms with Crippen LogP contribution in [0.2, 0.25) is 0 Å². The molecule has 0 radical (unpaired) electrons. The Morgan fingerprint density at radius 2 is 2.18 bits per heavy atom. The van der Waals surface area contributed by atoms with Crippen LogP contribution in [0.25, 0.3) is 0 Å². The Hall–Kier alpha value is -1.48. The van der Waals surface area contributed by atoms with Gasteiger partial charge in [-0.05, 0) is 44.8 Å². The van der Waals surface area contributed by atoms with E-state index in [-0.39, 0.29) is 17.5 Å². The van der Waals surface area contributed by atoms with Gasteiger partial charge in [-0.25, -0.2) is 8.42 Å². The summed E-state index contributed by atoms with van der Waals surface area (Å²) in [5.41, 5.74) is 5.51. The van der Waals surface area contributed by atoms with E-state index in [9.17, 15) is 8.42 Å². The zero-order valence-corrected chi connectivity index (χ0v) is 19.0. The lowest BCUT2D eigenvalue weighted by Crippen LogP contribution is -2.35. The van der Waals surface area contributed by atoms with Crippen molar-refractivity contribution >= 4 is 33.4 Å². The van der Waals surface area contributed by atoms with Gasteiger partial charge in [-0.1, -0.05) is 33.1 Å². The third-order valence-corrected chi connectivity index (χ3v) is 7.19. The first-order valence-corrected chi connectivity index (χ1v) is 12.3. The maximum atomic E-state index is 11.7. The Balaban J connectivity index is 1.86. The standard InChI is InChI=1S/C19H33N5O2S2/c1-5-6-7-8-14(2)11-20-19(27)22-21-12-18-15(3)23-24(16(18)4)17-9-10-28(25,26)13-17/h12,14,17H,5-11,13H2,1-4H3,(H2,20,22,27)/b21-12-/t14-,17-/m1/s1. The zero-order chi connectivity index (χ0) is 20.7. The molecule has 0 spiro atoms. The molecule has 1 aliphatic rings. The number of hydrogen-bond donors (Lipinski definition) is 2. The van der Waals surface area contributed by atoms with Gasteiger partial charge in [0.05, 0.1) is 29.5 Å². The van der Waals surface area contributed by atoms with Crippen LogP contribution in [0.15, 0.2) is 5.10 Å². The van der Waals surface area contributed by atoms with Gasteiger partial charge in [0.2, 0.25) is 0 Å². The van der Waals surface area contributed by atoms with Crippen LogP contribution in [-0.2, 0) is 9.84 Å². The topological polar surface area (TPSA) is 88.4 Å². The highest BCUT2D eigenvalue weighted by Gasteiger charge is 2.31. The van der Waals surface area contributed by atoms with Crippen LogP contribution < -0.4 is 10.7 Å². The molecule has 1 saturated heterocycles. The summed E-state index contributed by atoms with van der Waals surface area (Å²) in [7, 11) is -2.95. The molecule has 28 heavy (non-hydrogen) atoms. The molecule has 158 valence electrons. The summed E-state index contributed by atoms with van der Waals surface area (Å²) in [4.78, 5) is 0. The normalized spacial score (nSPS) is 19.8. The number of nitrogens with one attached hydrogen (secondary N) is 2. The molecule has 0 aromatic carbocycles. The van der Waals surface area contributed by atoms with Crippen molar-refractivity contribution in [3.05, 3.63) is 17.0 Å². The smallest absolute Gasteiger partial charge is 0.186 e. The number of nitrogens with zero attached hydrogens (tertiary/aromatic N) is 3. The molecule has 0 unspecified atom stereocenters. The first kappa shape index (κ1) is 22.8. The van der Waals surface area contributed by atoms with Crippen molar-refractivity contribution in [2.75, 3.05) is 18.1 Å². The van der Waals surface area contributed by atoms with Crippen molar-refractivity contribution < 1.29 is 8.42 Å². The van der Waals surface area contributed by atoms with Crippen molar-refractivity contribution in [2.24, 2.45) is 11.0 Å². The molecule has 1 fully saturated rings. The molecule has 2 heterocycles. The number of rotatable bonds is 9. The van der Waals surface area contributed by atoms with Crippen molar-refractivity contribution in [2.45, 2.75) is 65.8 Å². The Morgan fingerprint density at radius 1 is 1.43 bits per heavy atom. The first-order valence-electron chi connectivity index (χ1n) is 10.1. The average Bonchev–Trinajstić information content (AvgIpc) is 3.13. The minimum atomic E-state index is -2.95. The fourth-order valence-electron chi connectivity index (χ4n) is 3.49. The molecular weight excluding hydrogens is 394 g/mol. The molecule has 1 aromatic heterocycles. The number of thiocarbonyl (C=S) groups is 1. The Labute approximate surface area is 174 Å². The highest BCUT2D eigenvalue weighted by atomic mass is 32.2. The zero-order valence-electron chi connectivity index (χ0n) is 17.4. The second-order valence-corrected chi connectivity index (χ2v) is 10.4. The van der Waals surface area contributed by atoms with Crippen LogP contribution in [0, 0.1) is 19.8 Å². The average molecular weight is 428 g/mol. The molecule has 0 aliphatic carbocycles. The van der Waals surface area contributed by atoms with Gasteiger partial charge in [-0.15, -0.1) is 0 Å². The van der Waals surface area contributed by atoms with E-state index in [1.54, 1.807) is 6.21 Å². The lowest BCUT2D eigenvalue weighted by molar-refractivity contribution is 0.486. The second-order valence-electron chi connectivity index (χ2n) is 7.77. The van der Waals surface area contributed by atoms with Gasteiger partial charge in [0, 0.05) is 17.8 Å². The molecule has 1 aromatic rings. The number of unbranched alkanes of at least 4 members (excludes halogenated alkanes) is 2. The molecule has 0 amide bonds. The van der Waals surface area contributed by atoms with Gasteiger partial charge in [0.1, 0.15) is 0 Å². The number of aryl methyl sites for hydroxylation is 1. The molecular formula is C19H33N5O2S2. The van der Waals surface area contributed by atoms with Crippen LogP contribution in [-0.4, -0.2) is 47.6 Å². The van der Waals surface area contributed by atoms with Crippen molar-refractivity contribution in [1.82, 2.24) is 20.5 Å². The van der Waals surface area contributed by atoms with Gasteiger partial charge >= 0.3 is 0 Å². The predicted octanol–water partition coefficient (Wildman–Crippen LogP) is 2.87. The highest BCUT2D eigenvalue weighted by Crippen LogP contribution is 2.26. The summed E-state index contributed by atoms with van der Waals surface area (Å²) in [6.07, 6.45) is 7.28. The van der Waals surface area contributed by atoms with E-state index < -0.39 is 9.84 Å². The highest BCUT2D eigenvalue weighted by molar-refractivity contribution is 7.91. The molecule has 2 atom stereocenters. The quantitative estimate of drug-likeness (QED) is 0.273. The monoisotopic (exact) mass is 427 g/mol. The summed E-state index contributed by atoms with van der Waals surface area (Å²) < 4.78 is 25.3. The lowest BCUT2D eigenvalue weighted by Gasteiger charge is -2.13. The third kappa shape index (κ3) is 6.55. The summed E-state index contributed by atoms with van der Waals surface area (Å²) in [5.74, 6) is 0.965. The largest absolute Gasteiger partial charge is 0.361 e. The summed E-state index contributed by atoms with van der Waals surface area (Å²) >= 11 is 5.28. The van der Waals surface area contributed by atoms with E-state index in [1.807, 2.05) is 18.5 Å². The molecule has 7 nitrogen and oxygen atoms in total.